The van der Waals surface area contributed by atoms with Gasteiger partial charge in [-0.3, -0.25) is 4.79 Å². The van der Waals surface area contributed by atoms with Crippen LogP contribution in [-0.4, -0.2) is 30.2 Å². The summed E-state index contributed by atoms with van der Waals surface area (Å²) in [6.45, 7) is 5.44. The summed E-state index contributed by atoms with van der Waals surface area (Å²) in [5, 5.41) is 3.26. The second-order valence-electron chi connectivity index (χ2n) is 4.21. The van der Waals surface area contributed by atoms with Crippen molar-refractivity contribution in [2.24, 2.45) is 5.92 Å². The lowest BCUT2D eigenvalue weighted by atomic mass is 9.94. The predicted octanol–water partition coefficient (Wildman–Crippen LogP) is 1.94. The molecule has 1 atom stereocenters. The summed E-state index contributed by atoms with van der Waals surface area (Å²) in [6, 6.07) is 0. The van der Waals surface area contributed by atoms with Crippen molar-refractivity contribution < 1.29 is 4.79 Å². The van der Waals surface area contributed by atoms with Gasteiger partial charge in [0.2, 0.25) is 5.91 Å². The van der Waals surface area contributed by atoms with E-state index in [4.69, 9.17) is 0 Å². The molecule has 0 fully saturated rings. The SMILES string of the molecule is CCN1C(=O)CNC2=C1C=C(SC)CC2C. The molecular formula is C12H18N2OS. The third-order valence-electron chi connectivity index (χ3n) is 3.17. The van der Waals surface area contributed by atoms with Crippen LogP contribution in [0.2, 0.25) is 0 Å². The van der Waals surface area contributed by atoms with Crippen molar-refractivity contribution in [3.63, 3.8) is 0 Å². The highest BCUT2D eigenvalue weighted by atomic mass is 32.2. The molecular weight excluding hydrogens is 220 g/mol. The molecule has 1 amide bonds. The monoisotopic (exact) mass is 238 g/mol. The molecule has 16 heavy (non-hydrogen) atoms. The summed E-state index contributed by atoms with van der Waals surface area (Å²) in [5.74, 6) is 0.664. The van der Waals surface area contributed by atoms with Gasteiger partial charge in [-0.25, -0.2) is 0 Å². The number of nitrogens with zero attached hydrogens (tertiary/aromatic N) is 1. The Bertz CT molecular complexity index is 373. The third kappa shape index (κ3) is 1.86. The normalized spacial score (nSPS) is 25.2. The Morgan fingerprint density at radius 3 is 3.00 bits per heavy atom. The number of nitrogens with one attached hydrogen (secondary N) is 1. The summed E-state index contributed by atoms with van der Waals surface area (Å²) >= 11 is 1.78. The first-order chi connectivity index (χ1) is 7.67. The number of likely N-dealkylation sites (N-methyl/N-ethyl adjacent to an activating group) is 1. The highest BCUT2D eigenvalue weighted by Gasteiger charge is 2.29. The molecule has 1 N–H and O–H groups in total. The average Bonchev–Trinajstić information content (AvgIpc) is 2.28. The number of hydrogen-bond donors (Lipinski definition) is 1. The fraction of sp³-hybridized carbons (Fsp3) is 0.583. The summed E-state index contributed by atoms with van der Waals surface area (Å²) in [4.78, 5) is 15.0. The smallest absolute Gasteiger partial charge is 0.246 e. The summed E-state index contributed by atoms with van der Waals surface area (Å²) in [6.07, 6.45) is 5.34. The fourth-order valence-electron chi connectivity index (χ4n) is 2.32. The molecule has 0 saturated heterocycles. The topological polar surface area (TPSA) is 32.3 Å². The number of rotatable bonds is 2. The van der Waals surface area contributed by atoms with Crippen molar-refractivity contribution in [3.8, 4) is 0 Å². The first-order valence-electron chi connectivity index (χ1n) is 5.70. The van der Waals surface area contributed by atoms with E-state index >= 15 is 0 Å². The molecule has 0 saturated carbocycles. The molecule has 3 nitrogen and oxygen atoms in total. The molecule has 88 valence electrons. The Hall–Kier alpha value is -0.900. The quantitative estimate of drug-likeness (QED) is 0.798. The largest absolute Gasteiger partial charge is 0.378 e. The minimum Gasteiger partial charge on any atom is -0.378 e. The Labute approximate surface area is 101 Å². The van der Waals surface area contributed by atoms with Crippen molar-refractivity contribution in [3.05, 3.63) is 22.4 Å². The van der Waals surface area contributed by atoms with E-state index in [9.17, 15) is 4.79 Å². The Kier molecular flexibility index (Phi) is 3.28. The second-order valence-corrected chi connectivity index (χ2v) is 5.14. The first kappa shape index (κ1) is 11.6. The highest BCUT2D eigenvalue weighted by Crippen LogP contribution is 2.35. The van der Waals surface area contributed by atoms with Crippen molar-refractivity contribution in [1.82, 2.24) is 10.2 Å². The molecule has 1 aliphatic carbocycles. The molecule has 1 heterocycles. The molecule has 0 aromatic rings. The van der Waals surface area contributed by atoms with Crippen LogP contribution >= 0.6 is 11.8 Å². The number of carbonyl (C=O) groups is 1. The molecule has 0 aromatic heterocycles. The zero-order chi connectivity index (χ0) is 11.7. The van der Waals surface area contributed by atoms with Crippen molar-refractivity contribution in [2.75, 3.05) is 19.3 Å². The van der Waals surface area contributed by atoms with Crippen LogP contribution in [0.5, 0.6) is 0 Å². The van der Waals surface area contributed by atoms with Gasteiger partial charge in [0.05, 0.1) is 12.2 Å². The van der Waals surface area contributed by atoms with Gasteiger partial charge in [0.15, 0.2) is 0 Å². The Morgan fingerprint density at radius 1 is 1.62 bits per heavy atom. The number of allylic oxidation sites excluding steroid dienone is 3. The molecule has 2 rings (SSSR count). The Balaban J connectivity index is 2.40. The minimum absolute atomic E-state index is 0.173. The van der Waals surface area contributed by atoms with Gasteiger partial charge >= 0.3 is 0 Å². The lowest BCUT2D eigenvalue weighted by molar-refractivity contribution is -0.128. The number of amides is 1. The van der Waals surface area contributed by atoms with Crippen LogP contribution in [0.15, 0.2) is 22.4 Å². The minimum atomic E-state index is 0.173. The van der Waals surface area contributed by atoms with Crippen LogP contribution in [0.1, 0.15) is 20.3 Å². The maximum absolute atomic E-state index is 11.8. The van der Waals surface area contributed by atoms with Crippen molar-refractivity contribution in [1.29, 1.82) is 0 Å². The second kappa shape index (κ2) is 4.53. The lowest BCUT2D eigenvalue weighted by Crippen LogP contribution is -2.45. The van der Waals surface area contributed by atoms with Crippen LogP contribution < -0.4 is 5.32 Å². The molecule has 0 aromatic carbocycles. The van der Waals surface area contributed by atoms with Crippen molar-refractivity contribution >= 4 is 17.7 Å². The fourth-order valence-corrected chi connectivity index (χ4v) is 2.97. The van der Waals surface area contributed by atoms with E-state index in [0.717, 1.165) is 18.7 Å². The maximum Gasteiger partial charge on any atom is 0.246 e. The van der Waals surface area contributed by atoms with Gasteiger partial charge in [0.1, 0.15) is 0 Å². The first-order valence-corrected chi connectivity index (χ1v) is 6.92. The molecule has 1 aliphatic heterocycles. The number of hydrogen-bond acceptors (Lipinski definition) is 3. The third-order valence-corrected chi connectivity index (χ3v) is 3.98. The van der Waals surface area contributed by atoms with E-state index in [0.29, 0.717) is 12.5 Å². The zero-order valence-electron chi connectivity index (χ0n) is 10.0. The van der Waals surface area contributed by atoms with E-state index in [1.807, 2.05) is 11.8 Å². The van der Waals surface area contributed by atoms with Gasteiger partial charge in [-0.2, -0.15) is 0 Å². The van der Waals surface area contributed by atoms with Gasteiger partial charge in [-0.1, -0.05) is 6.92 Å². The van der Waals surface area contributed by atoms with Gasteiger partial charge in [-0.05, 0) is 30.6 Å². The Morgan fingerprint density at radius 2 is 2.38 bits per heavy atom. The van der Waals surface area contributed by atoms with Gasteiger partial charge in [-0.15, -0.1) is 11.8 Å². The van der Waals surface area contributed by atoms with E-state index in [2.05, 4.69) is 24.6 Å². The van der Waals surface area contributed by atoms with E-state index in [1.54, 1.807) is 11.8 Å². The van der Waals surface area contributed by atoms with E-state index in [-0.39, 0.29) is 5.91 Å². The molecule has 0 bridgehead atoms. The van der Waals surface area contributed by atoms with Crippen LogP contribution in [-0.2, 0) is 4.79 Å². The number of carbonyl (C=O) groups excluding carboxylic acids is 1. The molecule has 0 spiro atoms. The molecule has 4 heteroatoms. The van der Waals surface area contributed by atoms with Gasteiger partial charge in [0.25, 0.3) is 0 Å². The van der Waals surface area contributed by atoms with E-state index in [1.165, 1.54) is 10.6 Å². The highest BCUT2D eigenvalue weighted by molar-refractivity contribution is 8.02. The molecule has 0 radical (unpaired) electrons. The maximum atomic E-state index is 11.8. The zero-order valence-corrected chi connectivity index (χ0v) is 10.9. The lowest BCUT2D eigenvalue weighted by Gasteiger charge is -2.36. The van der Waals surface area contributed by atoms with Crippen LogP contribution in [0.25, 0.3) is 0 Å². The van der Waals surface area contributed by atoms with Gasteiger partial charge < -0.3 is 10.2 Å². The predicted molar refractivity (Wildman–Crippen MR) is 67.8 cm³/mol. The van der Waals surface area contributed by atoms with Gasteiger partial charge in [0, 0.05) is 18.2 Å². The number of thioether (sulfide) groups is 1. The van der Waals surface area contributed by atoms with Crippen LogP contribution in [0.4, 0.5) is 0 Å². The average molecular weight is 238 g/mol. The summed E-state index contributed by atoms with van der Waals surface area (Å²) < 4.78 is 0. The van der Waals surface area contributed by atoms with E-state index < -0.39 is 0 Å². The molecule has 2 aliphatic rings. The standard InChI is InChI=1S/C12H18N2OS/c1-4-14-10-6-9(16-3)5-8(2)12(10)13-7-11(14)15/h6,8,13H,4-5,7H2,1-3H3. The summed E-state index contributed by atoms with van der Waals surface area (Å²) in [7, 11) is 0. The summed E-state index contributed by atoms with van der Waals surface area (Å²) in [5.41, 5.74) is 2.32. The molecule has 1 unspecified atom stereocenters. The van der Waals surface area contributed by atoms with Crippen molar-refractivity contribution in [2.45, 2.75) is 20.3 Å². The van der Waals surface area contributed by atoms with Crippen LogP contribution in [0.3, 0.4) is 0 Å². The van der Waals surface area contributed by atoms with Crippen LogP contribution in [0, 0.1) is 5.92 Å².